The summed E-state index contributed by atoms with van der Waals surface area (Å²) < 4.78 is 13.6. The van der Waals surface area contributed by atoms with Gasteiger partial charge in [0, 0.05) is 47.4 Å². The van der Waals surface area contributed by atoms with Crippen molar-refractivity contribution in [3.05, 3.63) is 83.2 Å². The van der Waals surface area contributed by atoms with Gasteiger partial charge in [-0.15, -0.1) is 0 Å². The van der Waals surface area contributed by atoms with Gasteiger partial charge in [-0.1, -0.05) is 38.1 Å². The fourth-order valence-electron chi connectivity index (χ4n) is 4.84. The number of carbonyl (C=O) groups is 2. The number of rotatable bonds is 6. The van der Waals surface area contributed by atoms with E-state index < -0.39 is 0 Å². The van der Waals surface area contributed by atoms with E-state index in [1.165, 1.54) is 16.9 Å². The van der Waals surface area contributed by atoms with Crippen LogP contribution in [-0.2, 0) is 9.59 Å². The summed E-state index contributed by atoms with van der Waals surface area (Å²) in [5, 5.41) is 7.76. The molecular formula is C28H28FN5O2. The Kier molecular flexibility index (Phi) is 6.50. The van der Waals surface area contributed by atoms with Crippen molar-refractivity contribution in [1.29, 1.82) is 0 Å². The number of allylic oxidation sites excluding steroid dienone is 3. The van der Waals surface area contributed by atoms with Crippen molar-refractivity contribution in [3.8, 4) is 11.1 Å². The number of carbonyl (C=O) groups excluding carboxylic acids is 2. The second-order valence-electron chi connectivity index (χ2n) is 9.42. The van der Waals surface area contributed by atoms with Crippen molar-refractivity contribution in [2.45, 2.75) is 45.4 Å². The van der Waals surface area contributed by atoms with E-state index in [9.17, 15) is 14.0 Å². The molecule has 1 amide bonds. The van der Waals surface area contributed by atoms with Crippen LogP contribution in [0.3, 0.4) is 0 Å². The first-order valence-electron chi connectivity index (χ1n) is 12.2. The van der Waals surface area contributed by atoms with Crippen LogP contribution in [0.15, 0.2) is 66.1 Å². The molecule has 2 N–H and O–H groups in total. The van der Waals surface area contributed by atoms with Gasteiger partial charge < -0.3 is 5.32 Å². The third-order valence-corrected chi connectivity index (χ3v) is 6.54. The van der Waals surface area contributed by atoms with Crippen LogP contribution in [0.1, 0.15) is 56.7 Å². The first kappa shape index (κ1) is 23.7. The summed E-state index contributed by atoms with van der Waals surface area (Å²) in [6.07, 6.45) is 9.65. The molecule has 3 aromatic rings. The number of fused-ring (bicyclic) bond motifs is 1. The third kappa shape index (κ3) is 4.71. The van der Waals surface area contributed by atoms with Crippen molar-refractivity contribution in [3.63, 3.8) is 0 Å². The molecule has 0 saturated carbocycles. The molecule has 0 radical (unpaired) electrons. The van der Waals surface area contributed by atoms with Gasteiger partial charge in [-0.3, -0.25) is 14.6 Å². The number of hydrogen-bond acceptors (Lipinski definition) is 5. The summed E-state index contributed by atoms with van der Waals surface area (Å²) >= 11 is 0. The fraction of sp³-hybridized carbons (Fsp3) is 0.286. The summed E-state index contributed by atoms with van der Waals surface area (Å²) in [4.78, 5) is 31.3. The molecule has 3 heterocycles. The van der Waals surface area contributed by atoms with Crippen LogP contribution < -0.4 is 10.7 Å². The maximum atomic E-state index is 13.6. The number of Topliss-reactive ketones (excluding diaryl/α,β-unsaturated/α-hetero) is 1. The standard InChI is InChI=1S/C28H28FN5O2/c1-3-5-26(36)33-34-28-23(16-31-34)22(27-24(32-28)12-17(2)13-25(27)35)11-10-21-9-8-19(15-30-21)18-6-4-7-20(29)14-18/h4,6-11,14-17,22,32H,3,5,12-13H2,1-2H3,(H,33,36)/b11-10+. The highest BCUT2D eigenvalue weighted by Crippen LogP contribution is 2.43. The van der Waals surface area contributed by atoms with E-state index in [2.05, 4.69) is 27.7 Å². The van der Waals surface area contributed by atoms with Gasteiger partial charge in [-0.05, 0) is 48.6 Å². The first-order valence-corrected chi connectivity index (χ1v) is 12.2. The lowest BCUT2D eigenvalue weighted by atomic mass is 9.77. The summed E-state index contributed by atoms with van der Waals surface area (Å²) in [6.45, 7) is 4.01. The Hall–Kier alpha value is -4.07. The summed E-state index contributed by atoms with van der Waals surface area (Å²) in [5.41, 5.74) is 7.56. The Bertz CT molecular complexity index is 1370. The minimum absolute atomic E-state index is 0.118. The minimum atomic E-state index is -0.308. The van der Waals surface area contributed by atoms with Crippen molar-refractivity contribution < 1.29 is 14.0 Å². The van der Waals surface area contributed by atoms with Gasteiger partial charge >= 0.3 is 0 Å². The highest BCUT2D eigenvalue weighted by Gasteiger charge is 2.37. The predicted octanol–water partition coefficient (Wildman–Crippen LogP) is 5.43. The van der Waals surface area contributed by atoms with Crippen molar-refractivity contribution >= 4 is 23.6 Å². The van der Waals surface area contributed by atoms with Gasteiger partial charge in [-0.25, -0.2) is 9.82 Å². The number of aromatic nitrogens is 3. The van der Waals surface area contributed by atoms with E-state index in [0.29, 0.717) is 18.7 Å². The monoisotopic (exact) mass is 485 g/mol. The number of amides is 1. The molecule has 36 heavy (non-hydrogen) atoms. The molecule has 1 aliphatic carbocycles. The molecule has 2 unspecified atom stereocenters. The normalized spacial score (nSPS) is 19.1. The number of pyridine rings is 1. The highest BCUT2D eigenvalue weighted by atomic mass is 19.1. The molecule has 7 nitrogen and oxygen atoms in total. The average Bonchev–Trinajstić information content (AvgIpc) is 3.24. The van der Waals surface area contributed by atoms with Gasteiger partial charge in [0.25, 0.3) is 0 Å². The Morgan fingerprint density at radius 3 is 2.83 bits per heavy atom. The van der Waals surface area contributed by atoms with Gasteiger partial charge in [-0.2, -0.15) is 9.89 Å². The van der Waals surface area contributed by atoms with Crippen LogP contribution in [0.2, 0.25) is 0 Å². The molecule has 0 spiro atoms. The van der Waals surface area contributed by atoms with E-state index in [-0.39, 0.29) is 29.3 Å². The molecule has 2 aliphatic rings. The first-order chi connectivity index (χ1) is 17.4. The largest absolute Gasteiger partial charge is 0.342 e. The smallest absolute Gasteiger partial charge is 0.240 e. The van der Waals surface area contributed by atoms with E-state index >= 15 is 0 Å². The lowest BCUT2D eigenvalue weighted by molar-refractivity contribution is -0.118. The van der Waals surface area contributed by atoms with E-state index in [4.69, 9.17) is 0 Å². The maximum Gasteiger partial charge on any atom is 0.240 e. The quantitative estimate of drug-likeness (QED) is 0.486. The van der Waals surface area contributed by atoms with Crippen LogP contribution in [0.4, 0.5) is 10.2 Å². The zero-order valence-corrected chi connectivity index (χ0v) is 20.3. The Labute approximate surface area is 209 Å². The third-order valence-electron chi connectivity index (χ3n) is 6.54. The van der Waals surface area contributed by atoms with E-state index in [1.807, 2.05) is 37.3 Å². The summed E-state index contributed by atoms with van der Waals surface area (Å²) in [6, 6.07) is 10.2. The average molecular weight is 486 g/mol. The molecule has 5 rings (SSSR count). The predicted molar refractivity (Wildman–Crippen MR) is 137 cm³/mol. The van der Waals surface area contributed by atoms with Crippen LogP contribution in [0.5, 0.6) is 0 Å². The van der Waals surface area contributed by atoms with Crippen molar-refractivity contribution in [2.75, 3.05) is 10.7 Å². The van der Waals surface area contributed by atoms with Gasteiger partial charge in [0.15, 0.2) is 11.6 Å². The molecule has 1 aliphatic heterocycles. The summed E-state index contributed by atoms with van der Waals surface area (Å²) in [7, 11) is 0. The Morgan fingerprint density at radius 1 is 1.22 bits per heavy atom. The molecule has 0 fully saturated rings. The van der Waals surface area contributed by atoms with Gasteiger partial charge in [0.1, 0.15) is 5.82 Å². The molecule has 184 valence electrons. The summed E-state index contributed by atoms with van der Waals surface area (Å²) in [5.74, 6) is 0.307. The zero-order chi connectivity index (χ0) is 25.2. The molecular weight excluding hydrogens is 457 g/mol. The number of anilines is 1. The lowest BCUT2D eigenvalue weighted by Gasteiger charge is -2.33. The minimum Gasteiger partial charge on any atom is -0.342 e. The van der Waals surface area contributed by atoms with Crippen LogP contribution in [0, 0.1) is 11.7 Å². The number of nitrogens with zero attached hydrogens (tertiary/aromatic N) is 3. The van der Waals surface area contributed by atoms with Crippen LogP contribution in [-0.4, -0.2) is 26.6 Å². The molecule has 2 atom stereocenters. The molecule has 2 aromatic heterocycles. The number of nitrogens with one attached hydrogen (secondary N) is 2. The fourth-order valence-corrected chi connectivity index (χ4v) is 4.84. The van der Waals surface area contributed by atoms with E-state index in [0.717, 1.165) is 46.5 Å². The maximum absolute atomic E-state index is 13.6. The second kappa shape index (κ2) is 9.89. The van der Waals surface area contributed by atoms with Crippen molar-refractivity contribution in [1.82, 2.24) is 14.9 Å². The Balaban J connectivity index is 1.46. The molecule has 8 heteroatoms. The van der Waals surface area contributed by atoms with Gasteiger partial charge in [0.2, 0.25) is 5.91 Å². The van der Waals surface area contributed by atoms with Gasteiger partial charge in [0.05, 0.1) is 11.9 Å². The number of hydrogen-bond donors (Lipinski definition) is 2. The zero-order valence-electron chi connectivity index (χ0n) is 20.3. The number of halogens is 1. The van der Waals surface area contributed by atoms with E-state index in [1.54, 1.807) is 18.5 Å². The number of benzene rings is 1. The Morgan fingerprint density at radius 2 is 2.08 bits per heavy atom. The van der Waals surface area contributed by atoms with Crippen molar-refractivity contribution in [2.24, 2.45) is 5.92 Å². The topological polar surface area (TPSA) is 88.9 Å². The SMILES string of the molecule is CCCC(=O)Nn1ncc2c1NC1=C(C(=O)CC(C)C1)C2/C=C/c1ccc(-c2cccc(F)c2)cn1. The molecule has 0 saturated heterocycles. The second-order valence-corrected chi connectivity index (χ2v) is 9.42. The lowest BCUT2D eigenvalue weighted by Crippen LogP contribution is -2.31. The molecule has 1 aromatic carbocycles. The molecule has 0 bridgehead atoms. The number of ketones is 1. The van der Waals surface area contributed by atoms with Crippen LogP contribution in [0.25, 0.3) is 17.2 Å². The van der Waals surface area contributed by atoms with Crippen LogP contribution >= 0.6 is 0 Å². The highest BCUT2D eigenvalue weighted by molar-refractivity contribution is 6.01.